The molecule has 0 aromatic heterocycles. The van der Waals surface area contributed by atoms with E-state index >= 15 is 0 Å². The summed E-state index contributed by atoms with van der Waals surface area (Å²) in [5.74, 6) is 1.92. The number of thioether (sulfide) groups is 1. The minimum Gasteiger partial charge on any atom is -0.488 e. The molecule has 1 rings (SSSR count). The minimum absolute atomic E-state index is 0.488. The van der Waals surface area contributed by atoms with Crippen LogP contribution in [-0.4, -0.2) is 25.1 Å². The van der Waals surface area contributed by atoms with Crippen molar-refractivity contribution in [1.82, 2.24) is 0 Å². The normalized spacial score (nSPS) is 19.9. The molecule has 0 spiro atoms. The Hall–Kier alpha value is -0.930. The molecule has 0 amide bonds. The van der Waals surface area contributed by atoms with Gasteiger partial charge in [0, 0.05) is 10.7 Å². The highest BCUT2D eigenvalue weighted by Gasteiger charge is 2.21. The van der Waals surface area contributed by atoms with Gasteiger partial charge in [-0.3, -0.25) is 0 Å². The van der Waals surface area contributed by atoms with Gasteiger partial charge in [0.1, 0.15) is 12.4 Å². The van der Waals surface area contributed by atoms with Gasteiger partial charge in [-0.25, -0.2) is 0 Å². The van der Waals surface area contributed by atoms with E-state index in [0.717, 1.165) is 29.4 Å². The monoisotopic (exact) mass is 252 g/mol. The van der Waals surface area contributed by atoms with Crippen molar-refractivity contribution in [2.24, 2.45) is 0 Å². The minimum atomic E-state index is 0.488. The highest BCUT2D eigenvalue weighted by molar-refractivity contribution is 8.03. The Bertz CT molecular complexity index is 314. The van der Waals surface area contributed by atoms with E-state index in [2.05, 4.69) is 19.2 Å². The van der Waals surface area contributed by atoms with Gasteiger partial charge in [0.25, 0.3) is 0 Å². The largest absolute Gasteiger partial charge is 0.488 e. The van der Waals surface area contributed by atoms with E-state index in [9.17, 15) is 0 Å². The first kappa shape index (κ1) is 14.1. The number of rotatable bonds is 9. The van der Waals surface area contributed by atoms with E-state index in [0.29, 0.717) is 12.7 Å². The molecule has 0 aliphatic carbocycles. The van der Waals surface area contributed by atoms with Crippen LogP contribution in [0.5, 0.6) is 0 Å². The van der Waals surface area contributed by atoms with Gasteiger partial charge in [0.05, 0.1) is 12.7 Å². The number of hydrogen-bond acceptors (Lipinski definition) is 3. The molecule has 2 nitrogen and oxygen atoms in total. The molecule has 0 aromatic rings. The van der Waals surface area contributed by atoms with E-state index in [4.69, 9.17) is 9.47 Å². The van der Waals surface area contributed by atoms with Crippen LogP contribution in [0.3, 0.4) is 0 Å². The zero-order valence-corrected chi connectivity index (χ0v) is 11.2. The molecule has 0 saturated carbocycles. The summed E-state index contributed by atoms with van der Waals surface area (Å²) < 4.78 is 10.8. The molecule has 0 radical (unpaired) electrons. The van der Waals surface area contributed by atoms with Crippen molar-refractivity contribution in [3.8, 4) is 0 Å². The molecular formula is C14H20O2S. The number of ether oxygens (including phenoxy) is 2. The predicted octanol–water partition coefficient (Wildman–Crippen LogP) is 3.68. The van der Waals surface area contributed by atoms with Crippen molar-refractivity contribution in [3.63, 3.8) is 0 Å². The Kier molecular flexibility index (Phi) is 6.82. The van der Waals surface area contributed by atoms with Crippen molar-refractivity contribution in [2.75, 3.05) is 19.0 Å². The molecular weight excluding hydrogens is 232 g/mol. The summed E-state index contributed by atoms with van der Waals surface area (Å²) in [4.78, 5) is 1.15. The van der Waals surface area contributed by atoms with Gasteiger partial charge in [0.15, 0.2) is 0 Å². The summed E-state index contributed by atoms with van der Waals surface area (Å²) in [7, 11) is 0. The van der Waals surface area contributed by atoms with Gasteiger partial charge in [-0.05, 0) is 19.4 Å². The van der Waals surface area contributed by atoms with Crippen LogP contribution in [0.15, 0.2) is 48.1 Å². The molecule has 1 fully saturated rings. The first-order valence-corrected chi connectivity index (χ1v) is 6.77. The number of hydrogen-bond donors (Lipinski definition) is 0. The first-order chi connectivity index (χ1) is 8.31. The van der Waals surface area contributed by atoms with Crippen LogP contribution in [0.25, 0.3) is 0 Å². The summed E-state index contributed by atoms with van der Waals surface area (Å²) >= 11 is 1.79. The Morgan fingerprint density at radius 3 is 2.82 bits per heavy atom. The fourth-order valence-corrected chi connectivity index (χ4v) is 2.33. The summed E-state index contributed by atoms with van der Waals surface area (Å²) in [5.41, 5.74) is 0. The van der Waals surface area contributed by atoms with E-state index in [-0.39, 0.29) is 0 Å². The van der Waals surface area contributed by atoms with E-state index in [1.54, 1.807) is 23.9 Å². The highest BCUT2D eigenvalue weighted by atomic mass is 32.2. The van der Waals surface area contributed by atoms with Crippen molar-refractivity contribution in [2.45, 2.75) is 19.4 Å². The third-order valence-corrected chi connectivity index (χ3v) is 3.42. The maximum absolute atomic E-state index is 5.61. The van der Waals surface area contributed by atoms with Crippen LogP contribution in [0.1, 0.15) is 13.3 Å². The van der Waals surface area contributed by atoms with E-state index in [1.807, 2.05) is 13.0 Å². The molecule has 0 aromatic carbocycles. The molecule has 1 heterocycles. The van der Waals surface area contributed by atoms with Crippen molar-refractivity contribution in [1.29, 1.82) is 0 Å². The lowest BCUT2D eigenvalue weighted by Crippen LogP contribution is -1.96. The summed E-state index contributed by atoms with van der Waals surface area (Å²) in [5, 5.41) is 0. The molecule has 0 N–H and O–H groups in total. The molecule has 17 heavy (non-hydrogen) atoms. The second-order valence-corrected chi connectivity index (χ2v) is 4.75. The Labute approximate surface area is 108 Å². The smallest absolute Gasteiger partial charge is 0.132 e. The second-order valence-electron chi connectivity index (χ2n) is 3.61. The zero-order valence-electron chi connectivity index (χ0n) is 10.4. The molecule has 1 aliphatic heterocycles. The molecule has 1 saturated heterocycles. The highest BCUT2D eigenvalue weighted by Crippen LogP contribution is 2.27. The van der Waals surface area contributed by atoms with Crippen molar-refractivity contribution >= 4 is 11.8 Å². The van der Waals surface area contributed by atoms with Crippen LogP contribution in [0, 0.1) is 0 Å². The van der Waals surface area contributed by atoms with Gasteiger partial charge >= 0.3 is 0 Å². The average Bonchev–Trinajstić information content (AvgIpc) is 3.15. The van der Waals surface area contributed by atoms with Gasteiger partial charge in [-0.2, -0.15) is 0 Å². The standard InChI is InChI=1S/C14H20O2S/c1-4-7-13(15-9-5-2)14(6-3)17-10-8-12-11-16-12/h4-7,12H,1-2,8-11H2,3H3/b13-7+,14-6+. The average molecular weight is 252 g/mol. The molecule has 3 heteroatoms. The molecule has 1 unspecified atom stereocenters. The molecule has 94 valence electrons. The van der Waals surface area contributed by atoms with Gasteiger partial charge < -0.3 is 9.47 Å². The quantitative estimate of drug-likeness (QED) is 0.270. The van der Waals surface area contributed by atoms with Gasteiger partial charge in [-0.1, -0.05) is 31.4 Å². The lowest BCUT2D eigenvalue weighted by atomic mass is 10.4. The third-order valence-electron chi connectivity index (χ3n) is 2.23. The topological polar surface area (TPSA) is 21.8 Å². The Balaban J connectivity index is 2.44. The van der Waals surface area contributed by atoms with E-state index < -0.39 is 0 Å². The molecule has 1 atom stereocenters. The predicted molar refractivity (Wildman–Crippen MR) is 75.0 cm³/mol. The van der Waals surface area contributed by atoms with Crippen LogP contribution in [0.4, 0.5) is 0 Å². The first-order valence-electron chi connectivity index (χ1n) is 5.79. The second kappa shape index (κ2) is 8.20. The SMILES string of the molecule is C=C/C=C(OCC=C)\C(=C/C)SCCC1CO1. The van der Waals surface area contributed by atoms with Crippen molar-refractivity contribution < 1.29 is 9.47 Å². The maximum Gasteiger partial charge on any atom is 0.132 e. The number of epoxide rings is 1. The lowest BCUT2D eigenvalue weighted by molar-refractivity contribution is 0.260. The zero-order chi connectivity index (χ0) is 12.5. The van der Waals surface area contributed by atoms with Crippen LogP contribution in [-0.2, 0) is 9.47 Å². The van der Waals surface area contributed by atoms with Crippen LogP contribution >= 0.6 is 11.8 Å². The Morgan fingerprint density at radius 1 is 1.53 bits per heavy atom. The van der Waals surface area contributed by atoms with Gasteiger partial charge in [-0.15, -0.1) is 11.8 Å². The van der Waals surface area contributed by atoms with Gasteiger partial charge in [0.2, 0.25) is 0 Å². The fourth-order valence-electron chi connectivity index (χ4n) is 1.29. The summed E-state index contributed by atoms with van der Waals surface area (Å²) in [6, 6.07) is 0. The maximum atomic E-state index is 5.61. The van der Waals surface area contributed by atoms with E-state index in [1.165, 1.54) is 0 Å². The summed E-state index contributed by atoms with van der Waals surface area (Å²) in [6.07, 6.45) is 9.03. The fraction of sp³-hybridized carbons (Fsp3) is 0.429. The molecule has 1 aliphatic rings. The molecule has 0 bridgehead atoms. The lowest BCUT2D eigenvalue weighted by Gasteiger charge is -2.11. The third kappa shape index (κ3) is 5.80. The number of allylic oxidation sites excluding steroid dienone is 3. The summed E-state index contributed by atoms with van der Waals surface area (Å²) in [6.45, 7) is 10.8. The van der Waals surface area contributed by atoms with Crippen LogP contribution < -0.4 is 0 Å². The van der Waals surface area contributed by atoms with Crippen molar-refractivity contribution in [3.05, 3.63) is 48.1 Å². The Morgan fingerprint density at radius 2 is 2.29 bits per heavy atom. The van der Waals surface area contributed by atoms with Crippen LogP contribution in [0.2, 0.25) is 0 Å².